The molecule has 4 heteroatoms. The number of nitrogens with zero attached hydrogens (tertiary/aromatic N) is 1. The highest BCUT2D eigenvalue weighted by Gasteiger charge is 2.04. The van der Waals surface area contributed by atoms with Crippen LogP contribution in [0, 0.1) is 20.8 Å². The second-order valence-electron chi connectivity index (χ2n) is 6.17. The summed E-state index contributed by atoms with van der Waals surface area (Å²) in [4.78, 5) is 2.34. The molecule has 0 aliphatic carbocycles. The molecule has 0 radical (unpaired) electrons. The van der Waals surface area contributed by atoms with E-state index in [1.54, 1.807) is 0 Å². The van der Waals surface area contributed by atoms with E-state index in [-0.39, 0.29) is 0 Å². The third kappa shape index (κ3) is 5.53. The van der Waals surface area contributed by atoms with E-state index >= 15 is 0 Å². The largest absolute Gasteiger partial charge is 0.370 e. The van der Waals surface area contributed by atoms with Gasteiger partial charge in [-0.1, -0.05) is 23.8 Å². The number of likely N-dealkylation sites (N-methyl/N-ethyl adjacent to an activating group) is 1. The third-order valence-corrected chi connectivity index (χ3v) is 4.17. The molecule has 2 aromatic carbocycles. The summed E-state index contributed by atoms with van der Waals surface area (Å²) in [5.74, 6) is 0. The lowest BCUT2D eigenvalue weighted by molar-refractivity contribution is 0.779. The Bertz CT molecular complexity index is 660. The fourth-order valence-corrected chi connectivity index (χ4v) is 2.97. The van der Waals surface area contributed by atoms with Gasteiger partial charge in [-0.2, -0.15) is 0 Å². The Morgan fingerprint density at radius 3 is 2.17 bits per heavy atom. The van der Waals surface area contributed by atoms with Crippen LogP contribution in [0.3, 0.4) is 0 Å². The van der Waals surface area contributed by atoms with E-state index in [4.69, 9.17) is 12.2 Å². The average Bonchev–Trinajstić information content (AvgIpc) is 2.51. The normalized spacial score (nSPS) is 10.3. The Balaban J connectivity index is 1.83. The molecule has 0 spiro atoms. The lowest BCUT2D eigenvalue weighted by Crippen LogP contribution is -2.36. The number of rotatable bonds is 6. The van der Waals surface area contributed by atoms with Gasteiger partial charge in [-0.15, -0.1) is 0 Å². The summed E-state index contributed by atoms with van der Waals surface area (Å²) in [5.41, 5.74) is 6.04. The molecule has 24 heavy (non-hydrogen) atoms. The van der Waals surface area contributed by atoms with Gasteiger partial charge < -0.3 is 15.5 Å². The highest BCUT2D eigenvalue weighted by atomic mass is 32.1. The van der Waals surface area contributed by atoms with Gasteiger partial charge in [0.1, 0.15) is 0 Å². The van der Waals surface area contributed by atoms with Crippen molar-refractivity contribution in [2.24, 2.45) is 0 Å². The van der Waals surface area contributed by atoms with Crippen molar-refractivity contribution in [2.75, 3.05) is 29.9 Å². The van der Waals surface area contributed by atoms with Crippen LogP contribution in [0.15, 0.2) is 42.5 Å². The molecule has 2 aromatic rings. The van der Waals surface area contributed by atoms with Crippen LogP contribution in [0.2, 0.25) is 0 Å². The lowest BCUT2D eigenvalue weighted by Gasteiger charge is -2.24. The summed E-state index contributed by atoms with van der Waals surface area (Å²) < 4.78 is 0. The quantitative estimate of drug-likeness (QED) is 0.760. The number of aryl methyl sites for hydroxylation is 3. The number of anilines is 2. The van der Waals surface area contributed by atoms with Crippen molar-refractivity contribution in [3.05, 3.63) is 59.2 Å². The van der Waals surface area contributed by atoms with Crippen molar-refractivity contribution < 1.29 is 0 Å². The van der Waals surface area contributed by atoms with Crippen LogP contribution in [-0.2, 0) is 0 Å². The molecule has 0 atom stereocenters. The van der Waals surface area contributed by atoms with Gasteiger partial charge >= 0.3 is 0 Å². The SMILES string of the molecule is CCN(CCNC(=S)Nc1cc(C)cc(C)c1)c1ccc(C)cc1. The molecule has 0 aromatic heterocycles. The zero-order valence-corrected chi connectivity index (χ0v) is 15.8. The molecule has 0 unspecified atom stereocenters. The molecule has 2 N–H and O–H groups in total. The van der Waals surface area contributed by atoms with E-state index in [1.165, 1.54) is 22.4 Å². The summed E-state index contributed by atoms with van der Waals surface area (Å²) in [6.45, 7) is 11.2. The standard InChI is InChI=1S/C20H27N3S/c1-5-23(19-8-6-15(2)7-9-19)11-10-21-20(24)22-18-13-16(3)12-17(4)14-18/h6-9,12-14H,5,10-11H2,1-4H3,(H2,21,22,24). The van der Waals surface area contributed by atoms with Gasteiger partial charge in [-0.3, -0.25) is 0 Å². The highest BCUT2D eigenvalue weighted by Crippen LogP contribution is 2.15. The van der Waals surface area contributed by atoms with E-state index in [0.29, 0.717) is 5.11 Å². The lowest BCUT2D eigenvalue weighted by atomic mass is 10.1. The third-order valence-electron chi connectivity index (χ3n) is 3.93. The molecule has 0 amide bonds. The Morgan fingerprint density at radius 2 is 1.58 bits per heavy atom. The van der Waals surface area contributed by atoms with Crippen molar-refractivity contribution in [3.63, 3.8) is 0 Å². The van der Waals surface area contributed by atoms with Gasteiger partial charge in [0.25, 0.3) is 0 Å². The molecule has 0 saturated carbocycles. The van der Waals surface area contributed by atoms with Crippen molar-refractivity contribution in [1.82, 2.24) is 5.32 Å². The van der Waals surface area contributed by atoms with Gasteiger partial charge in [0.2, 0.25) is 0 Å². The molecule has 0 saturated heterocycles. The Morgan fingerprint density at radius 1 is 0.958 bits per heavy atom. The average molecular weight is 342 g/mol. The molecule has 2 rings (SSSR count). The maximum absolute atomic E-state index is 5.40. The number of thiocarbonyl (C=S) groups is 1. The minimum atomic E-state index is 0.667. The van der Waals surface area contributed by atoms with Crippen LogP contribution in [-0.4, -0.2) is 24.7 Å². The second kappa shape index (κ2) is 8.69. The van der Waals surface area contributed by atoms with E-state index in [0.717, 1.165) is 25.3 Å². The van der Waals surface area contributed by atoms with Crippen LogP contribution in [0.4, 0.5) is 11.4 Å². The molecule has 3 nitrogen and oxygen atoms in total. The van der Waals surface area contributed by atoms with Gasteiger partial charge in [0, 0.05) is 31.0 Å². The Labute approximate surface area is 151 Å². The van der Waals surface area contributed by atoms with Gasteiger partial charge in [0.15, 0.2) is 5.11 Å². The number of nitrogens with one attached hydrogen (secondary N) is 2. The zero-order valence-electron chi connectivity index (χ0n) is 15.0. The number of hydrogen-bond donors (Lipinski definition) is 2. The molecule has 0 heterocycles. The van der Waals surface area contributed by atoms with Crippen molar-refractivity contribution in [2.45, 2.75) is 27.7 Å². The topological polar surface area (TPSA) is 27.3 Å². The summed E-state index contributed by atoms with van der Waals surface area (Å²) in [7, 11) is 0. The molecule has 0 bridgehead atoms. The van der Waals surface area contributed by atoms with E-state index in [2.05, 4.69) is 85.7 Å². The number of hydrogen-bond acceptors (Lipinski definition) is 2. The van der Waals surface area contributed by atoms with Crippen molar-refractivity contribution >= 4 is 28.7 Å². The molecular weight excluding hydrogens is 314 g/mol. The van der Waals surface area contributed by atoms with E-state index < -0.39 is 0 Å². The Kier molecular flexibility index (Phi) is 6.62. The van der Waals surface area contributed by atoms with Gasteiger partial charge in [0.05, 0.1) is 0 Å². The first-order valence-corrected chi connectivity index (χ1v) is 8.83. The zero-order chi connectivity index (χ0) is 17.5. The molecule has 0 aliphatic heterocycles. The predicted octanol–water partition coefficient (Wildman–Crippen LogP) is 4.42. The minimum Gasteiger partial charge on any atom is -0.370 e. The summed E-state index contributed by atoms with van der Waals surface area (Å²) in [6.07, 6.45) is 0. The van der Waals surface area contributed by atoms with Gasteiger partial charge in [-0.25, -0.2) is 0 Å². The monoisotopic (exact) mass is 341 g/mol. The van der Waals surface area contributed by atoms with Crippen LogP contribution in [0.1, 0.15) is 23.6 Å². The first-order chi connectivity index (χ1) is 11.5. The smallest absolute Gasteiger partial charge is 0.170 e. The summed E-state index contributed by atoms with van der Waals surface area (Å²) in [5, 5.41) is 7.23. The summed E-state index contributed by atoms with van der Waals surface area (Å²) >= 11 is 5.40. The Hall–Kier alpha value is -2.07. The maximum Gasteiger partial charge on any atom is 0.170 e. The number of benzene rings is 2. The molecule has 0 aliphatic rings. The minimum absolute atomic E-state index is 0.667. The molecule has 128 valence electrons. The summed E-state index contributed by atoms with van der Waals surface area (Å²) in [6, 6.07) is 15.0. The fourth-order valence-electron chi connectivity index (χ4n) is 2.75. The first kappa shape index (κ1) is 18.3. The van der Waals surface area contributed by atoms with Crippen LogP contribution >= 0.6 is 12.2 Å². The van der Waals surface area contributed by atoms with Crippen molar-refractivity contribution in [3.8, 4) is 0 Å². The van der Waals surface area contributed by atoms with Crippen LogP contribution < -0.4 is 15.5 Å². The van der Waals surface area contributed by atoms with Crippen molar-refractivity contribution in [1.29, 1.82) is 0 Å². The first-order valence-electron chi connectivity index (χ1n) is 8.42. The molecular formula is C20H27N3S. The fraction of sp³-hybridized carbons (Fsp3) is 0.350. The molecule has 0 fully saturated rings. The predicted molar refractivity (Wildman–Crippen MR) is 109 cm³/mol. The van der Waals surface area contributed by atoms with Crippen LogP contribution in [0.5, 0.6) is 0 Å². The maximum atomic E-state index is 5.40. The highest BCUT2D eigenvalue weighted by molar-refractivity contribution is 7.80. The van der Waals surface area contributed by atoms with Gasteiger partial charge in [-0.05, 0) is 75.3 Å². The van der Waals surface area contributed by atoms with E-state index in [9.17, 15) is 0 Å². The second-order valence-corrected chi connectivity index (χ2v) is 6.58. The van der Waals surface area contributed by atoms with Crippen LogP contribution in [0.25, 0.3) is 0 Å². The van der Waals surface area contributed by atoms with E-state index in [1.807, 2.05) is 0 Å².